The molecule has 3 N–H and O–H groups in total. The van der Waals surface area contributed by atoms with E-state index < -0.39 is 18.2 Å². The molecule has 0 spiro atoms. The number of hydrogen-bond donors (Lipinski definition) is 3. The number of esters is 1. The lowest BCUT2D eigenvalue weighted by molar-refractivity contribution is -0.151. The highest BCUT2D eigenvalue weighted by Crippen LogP contribution is 2.17. The van der Waals surface area contributed by atoms with Crippen molar-refractivity contribution in [2.75, 3.05) is 6.61 Å². The zero-order valence-corrected chi connectivity index (χ0v) is 39.5. The highest BCUT2D eigenvalue weighted by molar-refractivity contribution is 5.77. The van der Waals surface area contributed by atoms with Crippen LogP contribution in [0.1, 0.15) is 213 Å². The monoisotopic (exact) mass is 848 g/mol. The second-order valence-corrected chi connectivity index (χ2v) is 16.7. The molecular weight excluding hydrogens is 755 g/mol. The number of hydrogen-bond acceptors (Lipinski definition) is 5. The van der Waals surface area contributed by atoms with Crippen LogP contribution in [-0.4, -0.2) is 46.9 Å². The van der Waals surface area contributed by atoms with Crippen molar-refractivity contribution in [3.8, 4) is 0 Å². The smallest absolute Gasteiger partial charge is 0.306 e. The number of amides is 1. The summed E-state index contributed by atoms with van der Waals surface area (Å²) < 4.78 is 5.89. The van der Waals surface area contributed by atoms with E-state index in [1.807, 2.05) is 48.6 Å². The first-order valence-electron chi connectivity index (χ1n) is 25.1. The van der Waals surface area contributed by atoms with Crippen molar-refractivity contribution in [3.05, 3.63) is 97.2 Å². The van der Waals surface area contributed by atoms with Crippen LogP contribution >= 0.6 is 0 Å². The number of rotatable bonds is 43. The summed E-state index contributed by atoms with van der Waals surface area (Å²) in [7, 11) is 0. The quantitative estimate of drug-likeness (QED) is 0.0323. The standard InChI is InChI=1S/C55H93NO5/c1-4-7-10-13-16-19-22-25-26-27-30-31-34-37-40-43-46-51(61-55(60)48-45-42-39-36-33-29-24-21-18-15-12-9-6-3)49-54(59)56-52(50-57)53(58)47-44-41-38-35-32-28-23-20-17-14-11-8-5-2/h9,12,15-16,18-19,21-22,24-27,29-31,33,51-53,57-58H,4-8,10-11,13-14,17,20,23,28,32,34-50H2,1-3H3,(H,56,59)/b12-9+,18-15+,19-16+,24-21-,25-22+,27-26+,31-30+,33-29-. The van der Waals surface area contributed by atoms with Crippen LogP contribution in [0, 0.1) is 0 Å². The van der Waals surface area contributed by atoms with Crippen molar-refractivity contribution in [1.82, 2.24) is 5.32 Å². The maximum Gasteiger partial charge on any atom is 0.306 e. The number of unbranched alkanes of at least 4 members (excludes halogenated alkanes) is 21. The number of nitrogens with one attached hydrogen (secondary N) is 1. The van der Waals surface area contributed by atoms with Gasteiger partial charge in [-0.05, 0) is 70.6 Å². The van der Waals surface area contributed by atoms with Gasteiger partial charge in [0.2, 0.25) is 5.91 Å². The van der Waals surface area contributed by atoms with Crippen LogP contribution in [0.3, 0.4) is 0 Å². The zero-order chi connectivity index (χ0) is 44.5. The Hall–Kier alpha value is -3.22. The van der Waals surface area contributed by atoms with E-state index in [4.69, 9.17) is 4.74 Å². The molecule has 61 heavy (non-hydrogen) atoms. The van der Waals surface area contributed by atoms with Crippen LogP contribution in [-0.2, 0) is 14.3 Å². The molecule has 0 saturated carbocycles. The topological polar surface area (TPSA) is 95.9 Å². The Morgan fingerprint density at radius 2 is 0.885 bits per heavy atom. The molecule has 0 aromatic heterocycles. The van der Waals surface area contributed by atoms with Gasteiger partial charge in [-0.25, -0.2) is 0 Å². The molecule has 0 aliphatic rings. The summed E-state index contributed by atoms with van der Waals surface area (Å²) in [4.78, 5) is 26.1. The summed E-state index contributed by atoms with van der Waals surface area (Å²) in [5.74, 6) is -0.567. The number of aliphatic hydroxyl groups is 2. The lowest BCUT2D eigenvalue weighted by Gasteiger charge is -2.24. The predicted molar refractivity (Wildman–Crippen MR) is 264 cm³/mol. The van der Waals surface area contributed by atoms with E-state index in [2.05, 4.69) is 74.7 Å². The van der Waals surface area contributed by atoms with E-state index in [0.29, 0.717) is 19.3 Å². The van der Waals surface area contributed by atoms with Crippen molar-refractivity contribution in [1.29, 1.82) is 0 Å². The van der Waals surface area contributed by atoms with Crippen LogP contribution in [0.15, 0.2) is 97.2 Å². The minimum Gasteiger partial charge on any atom is -0.462 e. The Morgan fingerprint density at radius 1 is 0.492 bits per heavy atom. The molecule has 6 heteroatoms. The summed E-state index contributed by atoms with van der Waals surface area (Å²) in [6.45, 7) is 6.27. The molecule has 6 nitrogen and oxygen atoms in total. The fourth-order valence-corrected chi connectivity index (χ4v) is 7.04. The number of allylic oxidation sites excluding steroid dienone is 16. The summed E-state index contributed by atoms with van der Waals surface area (Å²) in [6.07, 6.45) is 63.1. The molecular formula is C55H93NO5. The van der Waals surface area contributed by atoms with Gasteiger partial charge in [0.25, 0.3) is 0 Å². The lowest BCUT2D eigenvalue weighted by atomic mass is 10.0. The van der Waals surface area contributed by atoms with Gasteiger partial charge in [0.1, 0.15) is 6.10 Å². The summed E-state index contributed by atoms with van der Waals surface area (Å²) in [6, 6.07) is -0.728. The number of ether oxygens (including phenoxy) is 1. The minimum absolute atomic E-state index is 0.0300. The van der Waals surface area contributed by atoms with Crippen LogP contribution in [0.4, 0.5) is 0 Å². The van der Waals surface area contributed by atoms with Crippen molar-refractivity contribution in [3.63, 3.8) is 0 Å². The van der Waals surface area contributed by atoms with Crippen molar-refractivity contribution in [2.45, 2.75) is 232 Å². The zero-order valence-electron chi connectivity index (χ0n) is 39.5. The first-order valence-corrected chi connectivity index (χ1v) is 25.1. The molecule has 0 heterocycles. The van der Waals surface area contributed by atoms with Crippen molar-refractivity contribution in [2.24, 2.45) is 0 Å². The van der Waals surface area contributed by atoms with E-state index in [9.17, 15) is 19.8 Å². The molecule has 0 aliphatic heterocycles. The van der Waals surface area contributed by atoms with Gasteiger partial charge in [-0.1, -0.05) is 227 Å². The van der Waals surface area contributed by atoms with Crippen LogP contribution in [0.5, 0.6) is 0 Å². The third-order valence-electron chi connectivity index (χ3n) is 10.8. The molecule has 0 radical (unpaired) electrons. The van der Waals surface area contributed by atoms with Gasteiger partial charge < -0.3 is 20.3 Å². The molecule has 0 rings (SSSR count). The Bertz CT molecular complexity index is 1220. The SMILES string of the molecule is CC/C=C/C=C/C=C\C=C/CCCCCC(=O)OC(CCCCC/C=C/C=C/C=C/C=C/CCCCC)CC(=O)NC(CO)C(O)CCCCCCCCCCCCCCC. The predicted octanol–water partition coefficient (Wildman–Crippen LogP) is 14.9. The molecule has 3 unspecified atom stereocenters. The van der Waals surface area contributed by atoms with E-state index in [1.165, 1.54) is 83.5 Å². The van der Waals surface area contributed by atoms with Crippen LogP contribution < -0.4 is 5.32 Å². The highest BCUT2D eigenvalue weighted by Gasteiger charge is 2.24. The number of carbonyl (C=O) groups excluding carboxylic acids is 2. The Balaban J connectivity index is 4.77. The van der Waals surface area contributed by atoms with Crippen molar-refractivity contribution >= 4 is 11.9 Å². The van der Waals surface area contributed by atoms with Gasteiger partial charge in [0.05, 0.1) is 25.2 Å². The van der Waals surface area contributed by atoms with Gasteiger partial charge in [0, 0.05) is 6.42 Å². The molecule has 348 valence electrons. The Morgan fingerprint density at radius 3 is 1.38 bits per heavy atom. The molecule has 0 bridgehead atoms. The first kappa shape index (κ1) is 57.8. The van der Waals surface area contributed by atoms with Gasteiger partial charge in [-0.3, -0.25) is 9.59 Å². The van der Waals surface area contributed by atoms with E-state index in [-0.39, 0.29) is 24.9 Å². The number of aliphatic hydroxyl groups excluding tert-OH is 2. The Labute approximate surface area is 376 Å². The molecule has 1 amide bonds. The van der Waals surface area contributed by atoms with Gasteiger partial charge in [-0.2, -0.15) is 0 Å². The van der Waals surface area contributed by atoms with Crippen LogP contribution in [0.25, 0.3) is 0 Å². The third-order valence-corrected chi connectivity index (χ3v) is 10.8. The van der Waals surface area contributed by atoms with Gasteiger partial charge >= 0.3 is 5.97 Å². The second-order valence-electron chi connectivity index (χ2n) is 16.7. The summed E-state index contributed by atoms with van der Waals surface area (Å²) in [5, 5.41) is 23.7. The summed E-state index contributed by atoms with van der Waals surface area (Å²) >= 11 is 0. The highest BCUT2D eigenvalue weighted by atomic mass is 16.5. The molecule has 0 aromatic rings. The molecule has 0 aromatic carbocycles. The number of carbonyl (C=O) groups is 2. The van der Waals surface area contributed by atoms with Crippen molar-refractivity contribution < 1.29 is 24.5 Å². The molecule has 0 aliphatic carbocycles. The normalized spacial score (nSPS) is 14.1. The van der Waals surface area contributed by atoms with Crippen LogP contribution in [0.2, 0.25) is 0 Å². The average Bonchev–Trinajstić information content (AvgIpc) is 3.25. The maximum absolute atomic E-state index is 13.2. The Kier molecular flexibility index (Phi) is 45.3. The van der Waals surface area contributed by atoms with E-state index >= 15 is 0 Å². The van der Waals surface area contributed by atoms with Gasteiger partial charge in [-0.15, -0.1) is 0 Å². The summed E-state index contributed by atoms with van der Waals surface area (Å²) in [5.41, 5.74) is 0. The lowest BCUT2D eigenvalue weighted by Crippen LogP contribution is -2.46. The fourth-order valence-electron chi connectivity index (χ4n) is 7.04. The maximum atomic E-state index is 13.2. The average molecular weight is 848 g/mol. The molecule has 3 atom stereocenters. The molecule has 0 saturated heterocycles. The third kappa shape index (κ3) is 43.2. The molecule has 0 fully saturated rings. The van der Waals surface area contributed by atoms with Gasteiger partial charge in [0.15, 0.2) is 0 Å². The van der Waals surface area contributed by atoms with E-state index in [1.54, 1.807) is 0 Å². The second kappa shape index (κ2) is 47.8. The van der Waals surface area contributed by atoms with E-state index in [0.717, 1.165) is 83.5 Å². The fraction of sp³-hybridized carbons (Fsp3) is 0.673. The first-order chi connectivity index (χ1) is 30.0. The minimum atomic E-state index is -0.811. The largest absolute Gasteiger partial charge is 0.462 e.